The van der Waals surface area contributed by atoms with Crippen LogP contribution in [0.3, 0.4) is 0 Å². The third-order valence-electron chi connectivity index (χ3n) is 4.70. The molecule has 0 amide bonds. The van der Waals surface area contributed by atoms with E-state index in [9.17, 15) is 14.0 Å². The molecule has 2 heterocycles. The molecule has 134 valence electrons. The number of allylic oxidation sites excluding steroid dienone is 2. The molecular formula is C19H18FN3O2S. The Bertz CT molecular complexity index is 983. The van der Waals surface area contributed by atoms with E-state index in [1.165, 1.54) is 23.9 Å². The van der Waals surface area contributed by atoms with E-state index in [0.717, 1.165) is 24.3 Å². The predicted molar refractivity (Wildman–Crippen MR) is 99.0 cm³/mol. The molecule has 2 aromatic rings. The van der Waals surface area contributed by atoms with Gasteiger partial charge in [0.25, 0.3) is 5.56 Å². The molecule has 5 nitrogen and oxygen atoms in total. The molecule has 0 spiro atoms. The molecule has 1 aromatic carbocycles. The standard InChI is InChI=1S/C19H18FN3O2S/c1-2-26-19-22-17-16(18(25)23-19)14(10-5-3-6-11(20)9-10)15-12(21-17)7-4-8-13(15)24/h3,5-6,9,14H,2,4,7-8H2,1H3,(H2,21,22,23,25)/t14-/m0/s1. The highest BCUT2D eigenvalue weighted by Crippen LogP contribution is 2.43. The van der Waals surface area contributed by atoms with Gasteiger partial charge < -0.3 is 10.3 Å². The molecule has 26 heavy (non-hydrogen) atoms. The lowest BCUT2D eigenvalue weighted by molar-refractivity contribution is -0.116. The Morgan fingerprint density at radius 1 is 1.31 bits per heavy atom. The van der Waals surface area contributed by atoms with Crippen LogP contribution in [0, 0.1) is 5.82 Å². The van der Waals surface area contributed by atoms with Crippen molar-refractivity contribution >= 4 is 23.4 Å². The van der Waals surface area contributed by atoms with Crippen molar-refractivity contribution in [1.82, 2.24) is 9.97 Å². The maximum absolute atomic E-state index is 13.9. The number of hydrogen-bond donors (Lipinski definition) is 2. The van der Waals surface area contributed by atoms with Crippen molar-refractivity contribution in [3.63, 3.8) is 0 Å². The summed E-state index contributed by atoms with van der Waals surface area (Å²) in [6.07, 6.45) is 1.92. The van der Waals surface area contributed by atoms with E-state index in [4.69, 9.17) is 0 Å². The van der Waals surface area contributed by atoms with Crippen LogP contribution in [0.25, 0.3) is 0 Å². The molecule has 0 saturated carbocycles. The Morgan fingerprint density at radius 3 is 2.92 bits per heavy atom. The summed E-state index contributed by atoms with van der Waals surface area (Å²) >= 11 is 1.44. The number of anilines is 1. The number of thioether (sulfide) groups is 1. The Morgan fingerprint density at radius 2 is 2.15 bits per heavy atom. The van der Waals surface area contributed by atoms with Gasteiger partial charge in [-0.15, -0.1) is 0 Å². The number of ketones is 1. The van der Waals surface area contributed by atoms with Crippen molar-refractivity contribution in [3.05, 3.63) is 62.8 Å². The quantitative estimate of drug-likeness (QED) is 0.637. The van der Waals surface area contributed by atoms with Gasteiger partial charge in [-0.2, -0.15) is 0 Å². The number of rotatable bonds is 3. The maximum atomic E-state index is 13.9. The van der Waals surface area contributed by atoms with Crippen molar-refractivity contribution in [2.75, 3.05) is 11.1 Å². The number of Topliss-reactive ketones (excluding diaryl/α,β-unsaturated/α-hetero) is 1. The number of carbonyl (C=O) groups is 1. The van der Waals surface area contributed by atoms with Crippen molar-refractivity contribution < 1.29 is 9.18 Å². The van der Waals surface area contributed by atoms with Crippen molar-refractivity contribution in [3.8, 4) is 0 Å². The van der Waals surface area contributed by atoms with Crippen LogP contribution in [-0.4, -0.2) is 21.5 Å². The van der Waals surface area contributed by atoms with Crippen LogP contribution in [0.1, 0.15) is 43.2 Å². The summed E-state index contributed by atoms with van der Waals surface area (Å²) in [5, 5.41) is 3.74. The van der Waals surface area contributed by atoms with Gasteiger partial charge in [0.2, 0.25) is 0 Å². The monoisotopic (exact) mass is 371 g/mol. The Labute approximate surface area is 154 Å². The highest BCUT2D eigenvalue weighted by molar-refractivity contribution is 7.99. The molecule has 0 radical (unpaired) electrons. The normalized spacial score (nSPS) is 19.0. The van der Waals surface area contributed by atoms with Crippen LogP contribution >= 0.6 is 11.8 Å². The van der Waals surface area contributed by atoms with Gasteiger partial charge in [0.05, 0.1) is 5.56 Å². The number of fused-ring (bicyclic) bond motifs is 1. The van der Waals surface area contributed by atoms with Crippen LogP contribution in [0.4, 0.5) is 10.2 Å². The summed E-state index contributed by atoms with van der Waals surface area (Å²) in [5.74, 6) is 0.260. The molecule has 4 rings (SSSR count). The fraction of sp³-hybridized carbons (Fsp3) is 0.316. The SMILES string of the molecule is CCSc1nc2c(c(=O)[nH]1)[C@@H](c1cccc(F)c1)C1=C(CCCC1=O)N2. The third kappa shape index (κ3) is 2.86. The number of aromatic nitrogens is 2. The highest BCUT2D eigenvalue weighted by atomic mass is 32.2. The molecule has 1 aliphatic heterocycles. The van der Waals surface area contributed by atoms with E-state index in [0.29, 0.717) is 34.1 Å². The average Bonchev–Trinajstić information content (AvgIpc) is 2.60. The van der Waals surface area contributed by atoms with Crippen LogP contribution in [0.15, 0.2) is 45.5 Å². The number of H-pyrrole nitrogens is 1. The van der Waals surface area contributed by atoms with Gasteiger partial charge >= 0.3 is 0 Å². The lowest BCUT2D eigenvalue weighted by Gasteiger charge is -2.32. The van der Waals surface area contributed by atoms with E-state index in [1.807, 2.05) is 6.92 Å². The van der Waals surface area contributed by atoms with Gasteiger partial charge in [0.15, 0.2) is 10.9 Å². The zero-order valence-corrected chi connectivity index (χ0v) is 15.1. The van der Waals surface area contributed by atoms with Gasteiger partial charge in [-0.25, -0.2) is 9.37 Å². The summed E-state index contributed by atoms with van der Waals surface area (Å²) < 4.78 is 13.9. The summed E-state index contributed by atoms with van der Waals surface area (Å²) in [6.45, 7) is 1.98. The highest BCUT2D eigenvalue weighted by Gasteiger charge is 2.37. The Hall–Kier alpha value is -2.41. The van der Waals surface area contributed by atoms with Crippen LogP contribution < -0.4 is 10.9 Å². The first-order valence-corrected chi connectivity index (χ1v) is 9.62. The van der Waals surface area contributed by atoms with Crippen molar-refractivity contribution in [1.29, 1.82) is 0 Å². The third-order valence-corrected chi connectivity index (χ3v) is 5.45. The van der Waals surface area contributed by atoms with Crippen LogP contribution in [-0.2, 0) is 4.79 Å². The number of aromatic amines is 1. The number of hydrogen-bond acceptors (Lipinski definition) is 5. The van der Waals surface area contributed by atoms with Gasteiger partial charge in [0, 0.05) is 23.6 Å². The van der Waals surface area contributed by atoms with E-state index >= 15 is 0 Å². The first-order chi connectivity index (χ1) is 12.6. The van der Waals surface area contributed by atoms with Gasteiger partial charge in [-0.05, 0) is 36.3 Å². The molecule has 2 aliphatic rings. The molecule has 1 atom stereocenters. The first-order valence-electron chi connectivity index (χ1n) is 8.64. The maximum Gasteiger partial charge on any atom is 0.257 e. The average molecular weight is 371 g/mol. The summed E-state index contributed by atoms with van der Waals surface area (Å²) in [7, 11) is 0. The topological polar surface area (TPSA) is 74.8 Å². The smallest absolute Gasteiger partial charge is 0.257 e. The van der Waals surface area contributed by atoms with E-state index in [-0.39, 0.29) is 11.3 Å². The largest absolute Gasteiger partial charge is 0.343 e. The van der Waals surface area contributed by atoms with Gasteiger partial charge in [-0.1, -0.05) is 30.8 Å². The van der Waals surface area contributed by atoms with Crippen molar-refractivity contribution in [2.24, 2.45) is 0 Å². The van der Waals surface area contributed by atoms with Crippen LogP contribution in [0.2, 0.25) is 0 Å². The minimum atomic E-state index is -0.596. The molecule has 0 saturated heterocycles. The lowest BCUT2D eigenvalue weighted by Crippen LogP contribution is -2.32. The molecular weight excluding hydrogens is 353 g/mol. The van der Waals surface area contributed by atoms with Gasteiger partial charge in [-0.3, -0.25) is 9.59 Å². The number of nitrogens with zero attached hydrogens (tertiary/aromatic N) is 1. The van der Waals surface area contributed by atoms with Crippen molar-refractivity contribution in [2.45, 2.75) is 37.3 Å². The number of benzene rings is 1. The number of carbonyl (C=O) groups excluding carboxylic acids is 1. The van der Waals surface area contributed by atoms with E-state index in [2.05, 4.69) is 15.3 Å². The zero-order chi connectivity index (χ0) is 18.3. The number of halogens is 1. The van der Waals surface area contributed by atoms with E-state index in [1.54, 1.807) is 12.1 Å². The minimum Gasteiger partial charge on any atom is -0.343 e. The predicted octanol–water partition coefficient (Wildman–Crippen LogP) is 3.59. The zero-order valence-electron chi connectivity index (χ0n) is 14.3. The van der Waals surface area contributed by atoms with Crippen LogP contribution in [0.5, 0.6) is 0 Å². The summed E-state index contributed by atoms with van der Waals surface area (Å²) in [5.41, 5.74) is 2.05. The fourth-order valence-corrected chi connectivity index (χ4v) is 4.26. The Balaban J connectivity index is 1.96. The fourth-order valence-electron chi connectivity index (χ4n) is 3.67. The first kappa shape index (κ1) is 17.0. The molecule has 1 aromatic heterocycles. The molecule has 0 unspecified atom stereocenters. The van der Waals surface area contributed by atoms with Gasteiger partial charge in [0.1, 0.15) is 11.6 Å². The number of nitrogens with one attached hydrogen (secondary N) is 2. The summed E-state index contributed by atoms with van der Waals surface area (Å²) in [6, 6.07) is 6.10. The van der Waals surface area contributed by atoms with E-state index < -0.39 is 11.7 Å². The minimum absolute atomic E-state index is 0.00470. The summed E-state index contributed by atoms with van der Waals surface area (Å²) in [4.78, 5) is 32.8. The second-order valence-corrected chi connectivity index (χ2v) is 7.60. The molecule has 1 aliphatic carbocycles. The second-order valence-electron chi connectivity index (χ2n) is 6.35. The molecule has 2 N–H and O–H groups in total. The lowest BCUT2D eigenvalue weighted by atomic mass is 9.76. The molecule has 0 bridgehead atoms. The molecule has 7 heteroatoms. The molecule has 0 fully saturated rings. The second kappa shape index (κ2) is 6.72. The Kier molecular flexibility index (Phi) is 4.40.